The van der Waals surface area contributed by atoms with Crippen molar-refractivity contribution in [2.45, 2.75) is 132 Å². The fourth-order valence-electron chi connectivity index (χ4n) is 7.18. The van der Waals surface area contributed by atoms with Crippen molar-refractivity contribution in [1.82, 2.24) is 41.4 Å². The van der Waals surface area contributed by atoms with Gasteiger partial charge in [-0.15, -0.1) is 5.48 Å². The van der Waals surface area contributed by atoms with Gasteiger partial charge in [-0.05, 0) is 91.6 Å². The number of carboxylic acid groups (broad SMARTS) is 3. The second-order valence-electron chi connectivity index (χ2n) is 18.9. The first-order valence-electron chi connectivity index (χ1n) is 25.9. The third kappa shape index (κ3) is 28.4. The Labute approximate surface area is 491 Å². The van der Waals surface area contributed by atoms with Gasteiger partial charge in [0.2, 0.25) is 35.4 Å². The first kappa shape index (κ1) is 75.0. The Kier molecular flexibility index (Phi) is 33.5. The average Bonchev–Trinajstić information content (AvgIpc) is 2.63. The van der Waals surface area contributed by atoms with E-state index in [9.17, 15) is 87.6 Å². The normalized spacial score (nSPS) is 15.5. The number of nitrogens with two attached hydrogens (primary N) is 5. The summed E-state index contributed by atoms with van der Waals surface area (Å²) < 4.78 is 30.6. The van der Waals surface area contributed by atoms with E-state index < -0.39 is 197 Å². The number of aliphatic hydroxyl groups excluding tert-OH is 2. The summed E-state index contributed by atoms with van der Waals surface area (Å²) in [5, 5.41) is 61.7. The molecule has 0 aromatic heterocycles. The molecule has 0 aromatic rings. The number of cyclic esters (lactones) is 1. The number of hydrogen-bond donors (Lipinski definition) is 16. The maximum atomic E-state index is 14.0. The topological polar surface area (TPSA) is 593 Å². The predicted molar refractivity (Wildman–Crippen MR) is 297 cm³/mol. The highest BCUT2D eigenvalue weighted by atomic mass is 32.2. The summed E-state index contributed by atoms with van der Waals surface area (Å²) in [6, 6.07) is -9.83. The molecule has 0 saturated carbocycles. The van der Waals surface area contributed by atoms with Crippen molar-refractivity contribution >= 4 is 103 Å². The molecule has 0 aliphatic carbocycles. The minimum Gasteiger partial charge on any atom is -0.505 e. The van der Waals surface area contributed by atoms with Crippen LogP contribution in [0.25, 0.3) is 0 Å². The van der Waals surface area contributed by atoms with E-state index in [-0.39, 0.29) is 62.9 Å². The molecule has 37 nitrogen and oxygen atoms in total. The lowest BCUT2D eigenvalue weighted by Gasteiger charge is -2.29. The quantitative estimate of drug-likeness (QED) is 0.00515. The third-order valence-corrected chi connectivity index (χ3v) is 14.8. The molecule has 1 rings (SSSR count). The van der Waals surface area contributed by atoms with Crippen LogP contribution >= 0.6 is 19.4 Å². The Balaban J connectivity index is 3.30. The highest BCUT2D eigenvalue weighted by molar-refractivity contribution is 7.98. The van der Waals surface area contributed by atoms with Gasteiger partial charge in [-0.25, -0.2) is 23.5 Å². The molecule has 21 N–H and O–H groups in total. The summed E-state index contributed by atoms with van der Waals surface area (Å²) in [5.41, 5.74) is 28.9. The number of amides is 6. The lowest BCUT2D eigenvalue weighted by molar-refractivity contribution is -0.160. The minimum atomic E-state index is -3.89. The molecular formula is C46H78N15O22PS. The highest BCUT2D eigenvalue weighted by Gasteiger charge is 2.45. The molecule has 1 heterocycles. The minimum absolute atomic E-state index is 0.0209. The molecule has 8 unspecified atom stereocenters. The largest absolute Gasteiger partial charge is 0.505 e. The number of carboxylic acids is 3. The molecule has 0 bridgehead atoms. The van der Waals surface area contributed by atoms with Gasteiger partial charge in [-0.1, -0.05) is 0 Å². The van der Waals surface area contributed by atoms with E-state index >= 15 is 0 Å². The van der Waals surface area contributed by atoms with Crippen molar-refractivity contribution in [1.29, 1.82) is 0 Å². The summed E-state index contributed by atoms with van der Waals surface area (Å²) in [6.07, 6.45) is -7.76. The van der Waals surface area contributed by atoms with Gasteiger partial charge in [-0.3, -0.25) is 57.9 Å². The van der Waals surface area contributed by atoms with Crippen LogP contribution in [0.2, 0.25) is 0 Å². The van der Waals surface area contributed by atoms with Crippen LogP contribution in [0.3, 0.4) is 0 Å². The molecule has 8 atom stereocenters. The number of aliphatic carboxylic acids is 3. The Hall–Kier alpha value is -8.06. The number of carbonyl (C=O) groups is 12. The Morgan fingerprint density at radius 3 is 1.47 bits per heavy atom. The predicted octanol–water partition coefficient (Wildman–Crippen LogP) is -5.61. The van der Waals surface area contributed by atoms with Gasteiger partial charge < -0.3 is 99.6 Å². The maximum Gasteiger partial charge on any atom is 0.395 e. The number of ether oxygens (including phenoxy) is 2. The maximum absolute atomic E-state index is 14.0. The van der Waals surface area contributed by atoms with Crippen LogP contribution in [0, 0.1) is 0 Å². The van der Waals surface area contributed by atoms with Gasteiger partial charge in [-0.2, -0.15) is 11.8 Å². The Bertz CT molecular complexity index is 2500. The molecular weight excluding hydrogens is 1180 g/mol. The van der Waals surface area contributed by atoms with Gasteiger partial charge in [0.15, 0.2) is 23.8 Å². The summed E-state index contributed by atoms with van der Waals surface area (Å²) in [7, 11) is 1.60. The van der Waals surface area contributed by atoms with E-state index in [2.05, 4.69) is 36.6 Å². The lowest BCUT2D eigenvalue weighted by atomic mass is 10.0. The number of nitrogens with one attached hydrogen (secondary N) is 6. The molecule has 85 heavy (non-hydrogen) atoms. The van der Waals surface area contributed by atoms with Crippen molar-refractivity contribution in [3.63, 3.8) is 0 Å². The molecule has 6 amide bonds. The molecule has 1 aliphatic rings. The molecule has 480 valence electrons. The number of rotatable bonds is 43. The molecule has 0 aromatic carbocycles. The standard InChI is InChI=1S/C46H78N15O22PS/c1-60(2)84(79,61(3)4)83-37-35(70)36(81-44(37)78)29(62)22-80-33(68)16-17-34(69)82-59-27(12-15-32(66)67)42(75)56-25(11-14-31(64)65)40(73)57-26(18-21-85-5)41(74)55-24(10-13-30(47)63)39(72)54-23(8-6-19-52-45(48)49)38(71)58-28(43(76)77)9-7-20-53-46(50)51/h23-29,36,59,62,70H,6-22H2,1-5H3,(H2,47,63)(H,54,72)(H,55,74)(H,56,75)(H,57,73)(H,58,71)(H,64,65)(H,66,67)(H,76,77)(H4,48,49,52)(H4,50,51,53). The van der Waals surface area contributed by atoms with Gasteiger partial charge in [0.1, 0.15) is 49.0 Å². The first-order valence-corrected chi connectivity index (χ1v) is 28.8. The number of primary amides is 1. The van der Waals surface area contributed by atoms with Crippen molar-refractivity contribution < 1.29 is 106 Å². The average molecular weight is 1260 g/mol. The van der Waals surface area contributed by atoms with Crippen LogP contribution in [-0.4, -0.2) is 226 Å². The second-order valence-corrected chi connectivity index (χ2v) is 22.7. The van der Waals surface area contributed by atoms with E-state index in [1.165, 1.54) is 40.0 Å². The van der Waals surface area contributed by atoms with Crippen molar-refractivity contribution in [2.75, 3.05) is 59.9 Å². The molecule has 0 radical (unpaired) electrons. The van der Waals surface area contributed by atoms with Crippen molar-refractivity contribution in [3.05, 3.63) is 11.5 Å². The SMILES string of the molecule is CSCCC(NC(=O)C(CCC(=O)O)NC(=O)C(CCC(=O)O)NOC(=O)CCC(=O)OCC(O)C1OC(=O)C(OP(=O)(N(C)C)N(C)C)=C1O)C(=O)NC(CCC(N)=O)C(=O)NC(CCCN=C(N)N)C(=O)NC(CCCN=C(N)N)C(=O)O. The van der Waals surface area contributed by atoms with Crippen LogP contribution in [0.15, 0.2) is 21.5 Å². The summed E-state index contributed by atoms with van der Waals surface area (Å²) in [6.45, 7) is -0.937. The molecule has 0 saturated heterocycles. The van der Waals surface area contributed by atoms with Crippen LogP contribution in [0.4, 0.5) is 0 Å². The highest BCUT2D eigenvalue weighted by Crippen LogP contribution is 2.53. The molecule has 39 heteroatoms. The third-order valence-electron chi connectivity index (χ3n) is 11.7. The van der Waals surface area contributed by atoms with Crippen LogP contribution in [-0.2, 0) is 80.9 Å². The Morgan fingerprint density at radius 1 is 0.624 bits per heavy atom. The number of aliphatic imine (C=N–C) groups is 2. The van der Waals surface area contributed by atoms with E-state index in [1.807, 2.05) is 5.48 Å². The fourth-order valence-corrected chi connectivity index (χ4v) is 9.10. The summed E-state index contributed by atoms with van der Waals surface area (Å²) >= 11 is 1.20. The van der Waals surface area contributed by atoms with E-state index in [1.54, 1.807) is 6.26 Å². The summed E-state index contributed by atoms with van der Waals surface area (Å²) in [4.78, 5) is 167. The van der Waals surface area contributed by atoms with E-state index in [4.69, 9.17) is 47.5 Å². The van der Waals surface area contributed by atoms with Crippen LogP contribution in [0.1, 0.15) is 83.5 Å². The van der Waals surface area contributed by atoms with Gasteiger partial charge in [0.05, 0.1) is 12.8 Å². The lowest BCUT2D eigenvalue weighted by Crippen LogP contribution is -2.59. The number of hydroxylamine groups is 1. The number of hydrogen-bond acceptors (Lipinski definition) is 23. The number of esters is 2. The number of thioether (sulfide) groups is 1. The zero-order valence-electron chi connectivity index (χ0n) is 47.3. The van der Waals surface area contributed by atoms with Gasteiger partial charge in [0, 0.05) is 32.4 Å². The zero-order valence-corrected chi connectivity index (χ0v) is 49.1. The number of carbonyl (C=O) groups excluding carboxylic acids is 9. The summed E-state index contributed by atoms with van der Waals surface area (Å²) in [5.74, 6) is -16.7. The van der Waals surface area contributed by atoms with Crippen LogP contribution < -0.4 is 60.7 Å². The number of nitrogens with zero attached hydrogens (tertiary/aromatic N) is 4. The van der Waals surface area contributed by atoms with Gasteiger partial charge in [0.25, 0.3) is 5.76 Å². The number of guanidine groups is 2. The fraction of sp³-hybridized carbons (Fsp3) is 0.652. The van der Waals surface area contributed by atoms with Crippen molar-refractivity contribution in [2.24, 2.45) is 38.7 Å². The second kappa shape index (κ2) is 38.0. The molecule has 0 fully saturated rings. The van der Waals surface area contributed by atoms with E-state index in [0.29, 0.717) is 0 Å². The number of aliphatic hydroxyl groups is 2. The van der Waals surface area contributed by atoms with Crippen LogP contribution in [0.5, 0.6) is 0 Å². The Morgan fingerprint density at radius 2 is 1.04 bits per heavy atom. The first-order chi connectivity index (χ1) is 39.7. The smallest absolute Gasteiger partial charge is 0.395 e. The zero-order chi connectivity index (χ0) is 64.7. The van der Waals surface area contributed by atoms with Gasteiger partial charge >= 0.3 is 43.5 Å². The monoisotopic (exact) mass is 1260 g/mol. The van der Waals surface area contributed by atoms with Crippen molar-refractivity contribution in [3.8, 4) is 0 Å². The molecule has 1 aliphatic heterocycles. The molecule has 0 spiro atoms. The van der Waals surface area contributed by atoms with E-state index in [0.717, 1.165) is 9.34 Å².